The number of rotatable bonds is 5. The van der Waals surface area contributed by atoms with Gasteiger partial charge in [-0.3, -0.25) is 4.79 Å². The molecule has 0 saturated heterocycles. The molecule has 0 aliphatic carbocycles. The van der Waals surface area contributed by atoms with Crippen molar-refractivity contribution in [2.75, 3.05) is 5.75 Å². The zero-order chi connectivity index (χ0) is 17.0. The van der Waals surface area contributed by atoms with Crippen molar-refractivity contribution in [1.29, 1.82) is 0 Å². The van der Waals surface area contributed by atoms with Crippen molar-refractivity contribution in [3.63, 3.8) is 0 Å². The van der Waals surface area contributed by atoms with Crippen molar-refractivity contribution >= 4 is 15.7 Å². The highest BCUT2D eigenvalue weighted by Crippen LogP contribution is 2.17. The third-order valence-electron chi connectivity index (χ3n) is 3.83. The Balaban J connectivity index is 2.05. The van der Waals surface area contributed by atoms with Crippen LogP contribution >= 0.6 is 0 Å². The SMILES string of the molecule is Cc1ccc(C(C)NC(=O)CS(=O)(=O)c2ccccc2)cc1C. The Kier molecular flexibility index (Phi) is 5.21. The van der Waals surface area contributed by atoms with Crippen molar-refractivity contribution in [3.05, 3.63) is 65.2 Å². The number of hydrogen-bond donors (Lipinski definition) is 1. The Labute approximate surface area is 137 Å². The van der Waals surface area contributed by atoms with Gasteiger partial charge in [0.05, 0.1) is 10.9 Å². The van der Waals surface area contributed by atoms with E-state index in [1.54, 1.807) is 18.2 Å². The summed E-state index contributed by atoms with van der Waals surface area (Å²) in [4.78, 5) is 12.2. The van der Waals surface area contributed by atoms with Crippen LogP contribution in [0, 0.1) is 13.8 Å². The van der Waals surface area contributed by atoms with Crippen LogP contribution < -0.4 is 5.32 Å². The van der Waals surface area contributed by atoms with Crippen LogP contribution in [0.25, 0.3) is 0 Å². The molecule has 2 rings (SSSR count). The third kappa shape index (κ3) is 4.42. The predicted octanol–water partition coefficient (Wildman–Crippen LogP) is 2.95. The molecule has 23 heavy (non-hydrogen) atoms. The molecule has 1 N–H and O–H groups in total. The Morgan fingerprint density at radius 2 is 1.70 bits per heavy atom. The van der Waals surface area contributed by atoms with Crippen LogP contribution in [-0.2, 0) is 14.6 Å². The lowest BCUT2D eigenvalue weighted by Crippen LogP contribution is -2.32. The van der Waals surface area contributed by atoms with Crippen LogP contribution in [0.4, 0.5) is 0 Å². The van der Waals surface area contributed by atoms with E-state index in [1.807, 2.05) is 39.0 Å². The van der Waals surface area contributed by atoms with Crippen LogP contribution in [0.3, 0.4) is 0 Å². The molecule has 4 nitrogen and oxygen atoms in total. The summed E-state index contributed by atoms with van der Waals surface area (Å²) >= 11 is 0. The van der Waals surface area contributed by atoms with Gasteiger partial charge in [0, 0.05) is 0 Å². The first-order chi connectivity index (χ1) is 10.8. The maximum absolute atomic E-state index is 12.2. The normalized spacial score (nSPS) is 12.7. The minimum atomic E-state index is -3.61. The molecule has 0 spiro atoms. The van der Waals surface area contributed by atoms with Crippen molar-refractivity contribution in [2.45, 2.75) is 31.7 Å². The molecule has 0 aliphatic heterocycles. The first kappa shape index (κ1) is 17.2. The highest BCUT2D eigenvalue weighted by atomic mass is 32.2. The smallest absolute Gasteiger partial charge is 0.236 e. The fourth-order valence-corrected chi connectivity index (χ4v) is 3.45. The molecule has 1 atom stereocenters. The zero-order valence-electron chi connectivity index (χ0n) is 13.5. The molecule has 1 amide bonds. The largest absolute Gasteiger partial charge is 0.349 e. The molecule has 0 fully saturated rings. The van der Waals surface area contributed by atoms with E-state index in [0.717, 1.165) is 11.1 Å². The van der Waals surface area contributed by atoms with Gasteiger partial charge in [-0.05, 0) is 49.6 Å². The first-order valence-electron chi connectivity index (χ1n) is 7.44. The Bertz CT molecular complexity index is 798. The lowest BCUT2D eigenvalue weighted by Gasteiger charge is -2.16. The summed E-state index contributed by atoms with van der Waals surface area (Å²) in [6.07, 6.45) is 0. The second kappa shape index (κ2) is 6.96. The molecule has 1 unspecified atom stereocenters. The van der Waals surface area contributed by atoms with Gasteiger partial charge in [-0.15, -0.1) is 0 Å². The number of amides is 1. The molecule has 5 heteroatoms. The predicted molar refractivity (Wildman–Crippen MR) is 91.0 cm³/mol. The highest BCUT2D eigenvalue weighted by molar-refractivity contribution is 7.92. The summed E-state index contributed by atoms with van der Waals surface area (Å²) in [5.74, 6) is -1.05. The van der Waals surface area contributed by atoms with Crippen LogP contribution in [0.1, 0.15) is 29.7 Å². The van der Waals surface area contributed by atoms with Gasteiger partial charge in [0.25, 0.3) is 0 Å². The molecule has 0 saturated carbocycles. The molecule has 0 radical (unpaired) electrons. The van der Waals surface area contributed by atoms with Crippen LogP contribution in [0.15, 0.2) is 53.4 Å². The summed E-state index contributed by atoms with van der Waals surface area (Å²) < 4.78 is 24.4. The Hall–Kier alpha value is -2.14. The maximum Gasteiger partial charge on any atom is 0.236 e. The molecule has 0 heterocycles. The van der Waals surface area contributed by atoms with Crippen LogP contribution in [0.2, 0.25) is 0 Å². The maximum atomic E-state index is 12.2. The van der Waals surface area contributed by atoms with Crippen molar-refractivity contribution in [2.24, 2.45) is 0 Å². The monoisotopic (exact) mass is 331 g/mol. The average Bonchev–Trinajstić information content (AvgIpc) is 2.50. The zero-order valence-corrected chi connectivity index (χ0v) is 14.4. The molecular formula is C18H21NO3S. The number of carbonyl (C=O) groups excluding carboxylic acids is 1. The van der Waals surface area contributed by atoms with Crippen molar-refractivity contribution < 1.29 is 13.2 Å². The fourth-order valence-electron chi connectivity index (χ4n) is 2.28. The van der Waals surface area contributed by atoms with E-state index in [2.05, 4.69) is 5.32 Å². The van der Waals surface area contributed by atoms with E-state index in [4.69, 9.17) is 0 Å². The first-order valence-corrected chi connectivity index (χ1v) is 9.09. The Morgan fingerprint density at radius 3 is 2.30 bits per heavy atom. The molecule has 0 aromatic heterocycles. The number of sulfone groups is 1. The van der Waals surface area contributed by atoms with E-state index in [0.29, 0.717) is 0 Å². The molecule has 122 valence electrons. The lowest BCUT2D eigenvalue weighted by molar-refractivity contribution is -0.119. The van der Waals surface area contributed by atoms with Gasteiger partial charge in [0.1, 0.15) is 5.75 Å². The molecule has 2 aromatic carbocycles. The van der Waals surface area contributed by atoms with Gasteiger partial charge in [-0.25, -0.2) is 8.42 Å². The van der Waals surface area contributed by atoms with Gasteiger partial charge >= 0.3 is 0 Å². The summed E-state index contributed by atoms with van der Waals surface area (Å²) in [6, 6.07) is 13.7. The molecule has 0 bridgehead atoms. The second-order valence-corrected chi connectivity index (χ2v) is 7.69. The number of benzene rings is 2. The summed E-state index contributed by atoms with van der Waals surface area (Å²) in [5, 5.41) is 2.75. The third-order valence-corrected chi connectivity index (χ3v) is 5.46. The summed E-state index contributed by atoms with van der Waals surface area (Å²) in [7, 11) is -3.61. The lowest BCUT2D eigenvalue weighted by atomic mass is 10.0. The number of carbonyl (C=O) groups is 1. The number of aryl methyl sites for hydroxylation is 2. The standard InChI is InChI=1S/C18H21NO3S/c1-13-9-10-16(11-14(13)2)15(3)19-18(20)12-23(21,22)17-7-5-4-6-8-17/h4-11,15H,12H2,1-3H3,(H,19,20). The van der Waals surface area contributed by atoms with Crippen LogP contribution in [-0.4, -0.2) is 20.1 Å². The quantitative estimate of drug-likeness (QED) is 0.916. The molecule has 2 aromatic rings. The van der Waals surface area contributed by atoms with Gasteiger partial charge in [-0.1, -0.05) is 36.4 Å². The van der Waals surface area contributed by atoms with Gasteiger partial charge in [-0.2, -0.15) is 0 Å². The molecule has 0 aliphatic rings. The Morgan fingerprint density at radius 1 is 1.04 bits per heavy atom. The minimum absolute atomic E-state index is 0.161. The highest BCUT2D eigenvalue weighted by Gasteiger charge is 2.20. The summed E-state index contributed by atoms with van der Waals surface area (Å²) in [5.41, 5.74) is 3.28. The number of hydrogen-bond acceptors (Lipinski definition) is 3. The number of nitrogens with one attached hydrogen (secondary N) is 1. The van der Waals surface area contributed by atoms with Crippen molar-refractivity contribution in [1.82, 2.24) is 5.32 Å². The average molecular weight is 331 g/mol. The molecular weight excluding hydrogens is 310 g/mol. The van der Waals surface area contributed by atoms with Gasteiger partial charge in [0.15, 0.2) is 9.84 Å². The topological polar surface area (TPSA) is 63.2 Å². The van der Waals surface area contributed by atoms with Gasteiger partial charge in [0.2, 0.25) is 5.91 Å². The minimum Gasteiger partial charge on any atom is -0.349 e. The van der Waals surface area contributed by atoms with E-state index in [-0.39, 0.29) is 10.9 Å². The van der Waals surface area contributed by atoms with Crippen LogP contribution in [0.5, 0.6) is 0 Å². The van der Waals surface area contributed by atoms with Gasteiger partial charge < -0.3 is 5.32 Å². The van der Waals surface area contributed by atoms with E-state index in [1.165, 1.54) is 17.7 Å². The fraction of sp³-hybridized carbons (Fsp3) is 0.278. The summed E-state index contributed by atoms with van der Waals surface area (Å²) in [6.45, 7) is 5.87. The van der Waals surface area contributed by atoms with Crippen molar-refractivity contribution in [3.8, 4) is 0 Å². The van der Waals surface area contributed by atoms with E-state index >= 15 is 0 Å². The van der Waals surface area contributed by atoms with E-state index in [9.17, 15) is 13.2 Å². The van der Waals surface area contributed by atoms with E-state index < -0.39 is 21.5 Å². The second-order valence-electron chi connectivity index (χ2n) is 5.71.